The average Bonchev–Trinajstić information content (AvgIpc) is 2.15. The van der Waals surface area contributed by atoms with Crippen molar-refractivity contribution in [1.29, 1.82) is 0 Å². The number of hydrogen-bond donors (Lipinski definition) is 0. The van der Waals surface area contributed by atoms with Crippen molar-refractivity contribution in [2.24, 2.45) is 17.8 Å². The van der Waals surface area contributed by atoms with Gasteiger partial charge in [-0.15, -0.1) is 0 Å². The van der Waals surface area contributed by atoms with Gasteiger partial charge >= 0.3 is 0 Å². The van der Waals surface area contributed by atoms with Crippen LogP contribution in [0.2, 0.25) is 0 Å². The van der Waals surface area contributed by atoms with Crippen molar-refractivity contribution in [3.8, 4) is 0 Å². The smallest absolute Gasteiger partial charge is 0.120 e. The van der Waals surface area contributed by atoms with Crippen molar-refractivity contribution in [3.05, 3.63) is 11.6 Å². The van der Waals surface area contributed by atoms with Gasteiger partial charge < -0.3 is 4.79 Å². The number of allylic oxidation sites excluding steroid dienone is 2. The van der Waals surface area contributed by atoms with Crippen molar-refractivity contribution in [2.75, 3.05) is 0 Å². The highest BCUT2D eigenvalue weighted by atomic mass is 16.1. The second-order valence-corrected chi connectivity index (χ2v) is 5.38. The molecule has 1 heteroatoms. The molecule has 0 aromatic heterocycles. The zero-order chi connectivity index (χ0) is 11.3. The predicted molar refractivity (Wildman–Crippen MR) is 64.7 cm³/mol. The highest BCUT2D eigenvalue weighted by Crippen LogP contribution is 2.34. The molecule has 0 bridgehead atoms. The normalized spacial score (nSPS) is 26.5. The second kappa shape index (κ2) is 6.09. The van der Waals surface area contributed by atoms with E-state index in [0.29, 0.717) is 0 Å². The van der Waals surface area contributed by atoms with Crippen molar-refractivity contribution in [1.82, 2.24) is 0 Å². The van der Waals surface area contributed by atoms with E-state index in [1.54, 1.807) is 5.57 Å². The number of hydrogen-bond acceptors (Lipinski definition) is 1. The molecule has 0 saturated carbocycles. The van der Waals surface area contributed by atoms with Crippen LogP contribution in [0.25, 0.3) is 0 Å². The quantitative estimate of drug-likeness (QED) is 0.493. The summed E-state index contributed by atoms with van der Waals surface area (Å²) in [5, 5.41) is 0. The molecule has 0 heterocycles. The minimum atomic E-state index is 0.738. The van der Waals surface area contributed by atoms with Gasteiger partial charge in [-0.3, -0.25) is 0 Å². The third kappa shape index (κ3) is 4.19. The SMILES string of the molecule is CC(C)CC1=CCC(CCC=O)C(C)C1. The first kappa shape index (κ1) is 12.5. The van der Waals surface area contributed by atoms with Gasteiger partial charge in [-0.1, -0.05) is 32.4 Å². The summed E-state index contributed by atoms with van der Waals surface area (Å²) >= 11 is 0. The Hall–Kier alpha value is -0.590. The molecule has 1 rings (SSSR count). The first-order valence-electron chi connectivity index (χ1n) is 6.25. The third-order valence-electron chi connectivity index (χ3n) is 3.42. The van der Waals surface area contributed by atoms with Gasteiger partial charge in [-0.2, -0.15) is 0 Å². The second-order valence-electron chi connectivity index (χ2n) is 5.38. The highest BCUT2D eigenvalue weighted by molar-refractivity contribution is 5.49. The summed E-state index contributed by atoms with van der Waals surface area (Å²) < 4.78 is 0. The van der Waals surface area contributed by atoms with E-state index in [0.717, 1.165) is 36.9 Å². The molecular weight excluding hydrogens is 184 g/mol. The Labute approximate surface area is 93.9 Å². The number of aldehydes is 1. The van der Waals surface area contributed by atoms with Crippen LogP contribution in [0.1, 0.15) is 52.9 Å². The Morgan fingerprint density at radius 3 is 2.80 bits per heavy atom. The minimum Gasteiger partial charge on any atom is -0.303 e. The lowest BCUT2D eigenvalue weighted by atomic mass is 9.77. The van der Waals surface area contributed by atoms with Gasteiger partial charge in [-0.05, 0) is 43.4 Å². The molecule has 0 spiro atoms. The molecular formula is C14H24O. The maximum Gasteiger partial charge on any atom is 0.120 e. The first-order valence-corrected chi connectivity index (χ1v) is 6.25. The molecule has 0 aromatic rings. The molecule has 1 nitrogen and oxygen atoms in total. The standard InChI is InChI=1S/C14H24O/c1-11(2)9-13-6-7-14(5-4-8-15)12(3)10-13/h6,8,11-12,14H,4-5,7,9-10H2,1-3H3. The molecule has 1 aliphatic rings. The maximum absolute atomic E-state index is 10.3. The Bertz CT molecular complexity index is 227. The van der Waals surface area contributed by atoms with Gasteiger partial charge in [0.2, 0.25) is 0 Å². The summed E-state index contributed by atoms with van der Waals surface area (Å²) in [7, 11) is 0. The van der Waals surface area contributed by atoms with Crippen LogP contribution in [0.4, 0.5) is 0 Å². The lowest BCUT2D eigenvalue weighted by molar-refractivity contribution is -0.108. The summed E-state index contributed by atoms with van der Waals surface area (Å²) in [5.74, 6) is 2.28. The van der Waals surface area contributed by atoms with E-state index in [-0.39, 0.29) is 0 Å². The molecule has 0 aromatic carbocycles. The average molecular weight is 208 g/mol. The van der Waals surface area contributed by atoms with E-state index in [2.05, 4.69) is 26.8 Å². The zero-order valence-electron chi connectivity index (χ0n) is 10.3. The van der Waals surface area contributed by atoms with Gasteiger partial charge in [0.1, 0.15) is 6.29 Å². The Morgan fingerprint density at radius 1 is 1.53 bits per heavy atom. The Balaban J connectivity index is 2.43. The van der Waals surface area contributed by atoms with Crippen LogP contribution in [-0.4, -0.2) is 6.29 Å². The molecule has 2 atom stereocenters. The topological polar surface area (TPSA) is 17.1 Å². The molecule has 0 N–H and O–H groups in total. The summed E-state index contributed by atoms with van der Waals surface area (Å²) in [4.78, 5) is 10.3. The van der Waals surface area contributed by atoms with E-state index >= 15 is 0 Å². The largest absolute Gasteiger partial charge is 0.303 e. The number of rotatable bonds is 5. The van der Waals surface area contributed by atoms with Gasteiger partial charge in [0.15, 0.2) is 0 Å². The fourth-order valence-electron chi connectivity index (χ4n) is 2.59. The van der Waals surface area contributed by atoms with Crippen molar-refractivity contribution in [3.63, 3.8) is 0 Å². The van der Waals surface area contributed by atoms with Gasteiger partial charge in [-0.25, -0.2) is 0 Å². The molecule has 0 aliphatic heterocycles. The van der Waals surface area contributed by atoms with Crippen LogP contribution in [0.15, 0.2) is 11.6 Å². The van der Waals surface area contributed by atoms with Crippen LogP contribution >= 0.6 is 0 Å². The van der Waals surface area contributed by atoms with Gasteiger partial charge in [0.05, 0.1) is 0 Å². The van der Waals surface area contributed by atoms with Crippen LogP contribution in [0, 0.1) is 17.8 Å². The van der Waals surface area contributed by atoms with E-state index in [1.807, 2.05) is 0 Å². The van der Waals surface area contributed by atoms with E-state index in [4.69, 9.17) is 0 Å². The Morgan fingerprint density at radius 2 is 2.27 bits per heavy atom. The number of carbonyl (C=O) groups excluding carboxylic acids is 1. The molecule has 0 radical (unpaired) electrons. The van der Waals surface area contributed by atoms with Gasteiger partial charge in [0, 0.05) is 6.42 Å². The summed E-state index contributed by atoms with van der Waals surface area (Å²) in [5.41, 5.74) is 1.64. The minimum absolute atomic E-state index is 0.738. The molecule has 2 unspecified atom stereocenters. The summed E-state index contributed by atoms with van der Waals surface area (Å²) in [6.07, 6.45) is 9.00. The summed E-state index contributed by atoms with van der Waals surface area (Å²) in [6.45, 7) is 6.90. The lowest BCUT2D eigenvalue weighted by Crippen LogP contribution is -2.17. The predicted octanol–water partition coefficient (Wildman–Crippen LogP) is 3.98. The van der Waals surface area contributed by atoms with Crippen LogP contribution in [0.5, 0.6) is 0 Å². The van der Waals surface area contributed by atoms with Crippen molar-refractivity contribution >= 4 is 6.29 Å². The molecule has 0 fully saturated rings. The third-order valence-corrected chi connectivity index (χ3v) is 3.42. The molecule has 0 amide bonds. The lowest BCUT2D eigenvalue weighted by Gasteiger charge is -2.29. The fraction of sp³-hybridized carbons (Fsp3) is 0.786. The Kier molecular flexibility index (Phi) is 5.07. The molecule has 86 valence electrons. The van der Waals surface area contributed by atoms with Crippen LogP contribution in [0.3, 0.4) is 0 Å². The summed E-state index contributed by atoms with van der Waals surface area (Å²) in [6, 6.07) is 0. The first-order chi connectivity index (χ1) is 7.13. The van der Waals surface area contributed by atoms with Crippen LogP contribution in [-0.2, 0) is 4.79 Å². The molecule has 1 aliphatic carbocycles. The zero-order valence-corrected chi connectivity index (χ0v) is 10.3. The maximum atomic E-state index is 10.3. The fourth-order valence-corrected chi connectivity index (χ4v) is 2.59. The monoisotopic (exact) mass is 208 g/mol. The van der Waals surface area contributed by atoms with E-state index in [9.17, 15) is 4.79 Å². The molecule has 15 heavy (non-hydrogen) atoms. The van der Waals surface area contributed by atoms with Gasteiger partial charge in [0.25, 0.3) is 0 Å². The van der Waals surface area contributed by atoms with Crippen molar-refractivity contribution in [2.45, 2.75) is 52.9 Å². The molecule has 0 saturated heterocycles. The highest BCUT2D eigenvalue weighted by Gasteiger charge is 2.21. The van der Waals surface area contributed by atoms with E-state index in [1.165, 1.54) is 19.3 Å². The number of carbonyl (C=O) groups is 1. The van der Waals surface area contributed by atoms with Crippen LogP contribution < -0.4 is 0 Å². The van der Waals surface area contributed by atoms with Crippen molar-refractivity contribution < 1.29 is 4.79 Å². The van der Waals surface area contributed by atoms with E-state index < -0.39 is 0 Å².